The maximum absolute atomic E-state index is 10.8. The summed E-state index contributed by atoms with van der Waals surface area (Å²) in [5, 5.41) is 10.8. The summed E-state index contributed by atoms with van der Waals surface area (Å²) in [6, 6.07) is 28.9. The first-order valence-corrected chi connectivity index (χ1v) is 28.7. The molecular formula is C52H63Cl2O3PRu. The molecule has 0 spiro atoms. The molecule has 316 valence electrons. The summed E-state index contributed by atoms with van der Waals surface area (Å²) in [4.78, 5) is 0. The third-order valence-corrected chi connectivity index (χ3v) is 20.4. The summed E-state index contributed by atoms with van der Waals surface area (Å²) in [5.74, 6) is 3.97. The average Bonchev–Trinajstić information content (AvgIpc) is 3.69. The number of aliphatic hydroxyl groups is 1. The number of benzene rings is 4. The van der Waals surface area contributed by atoms with Gasteiger partial charge in [-0.05, 0) is 102 Å². The van der Waals surface area contributed by atoms with Crippen molar-refractivity contribution >= 4 is 37.0 Å². The van der Waals surface area contributed by atoms with Gasteiger partial charge in [-0.25, -0.2) is 0 Å². The maximum atomic E-state index is 10.8. The number of rotatable bonds is 8. The Morgan fingerprint density at radius 2 is 1.19 bits per heavy atom. The predicted octanol–water partition coefficient (Wildman–Crippen LogP) is 13.8. The standard InChI is InChI=1S/C18H33P.C17H16O2.C17H13O.2ClH.Ru/c1-4-10-16(11-5-1)19(17-12-6-2-7-13-17)18-14-8-3-9-15-18;1-4-17(18,14-8-6-5-7-9-14)15-10-13(2)11-16(12-15)19-3;1-12-10-14(18-2)11-17-15(12)8-9-16(17)13-6-4-3-5-7-13;;;/h16-18H,1-15H2;1,5-12,18H,2-3H3;3-7,9-11H,1H2,2H3;2*1H;/q;;-1;;;+2/p-1. The molecule has 4 aliphatic rings. The molecule has 0 heterocycles. The topological polar surface area (TPSA) is 38.7 Å². The zero-order valence-electron chi connectivity index (χ0n) is 35.2. The molecule has 3 fully saturated rings. The minimum atomic E-state index is -2.02. The van der Waals surface area contributed by atoms with Crippen LogP contribution in [0.5, 0.6) is 11.5 Å². The first-order chi connectivity index (χ1) is 28.7. The van der Waals surface area contributed by atoms with Gasteiger partial charge in [0.1, 0.15) is 5.75 Å². The second-order valence-corrected chi connectivity index (χ2v) is 25.9. The van der Waals surface area contributed by atoms with E-state index in [1.807, 2.05) is 79.7 Å². The van der Waals surface area contributed by atoms with Crippen molar-refractivity contribution in [2.75, 3.05) is 14.2 Å². The molecule has 8 rings (SSSR count). The van der Waals surface area contributed by atoms with E-state index < -0.39 is 19.1 Å². The van der Waals surface area contributed by atoms with Crippen LogP contribution in [0.4, 0.5) is 0 Å². The first kappa shape index (κ1) is 45.6. The third-order valence-electron chi connectivity index (χ3n) is 12.8. The van der Waals surface area contributed by atoms with Gasteiger partial charge in [-0.1, -0.05) is 61.6 Å². The van der Waals surface area contributed by atoms with Crippen molar-refractivity contribution in [2.24, 2.45) is 0 Å². The van der Waals surface area contributed by atoms with Crippen LogP contribution in [0.1, 0.15) is 135 Å². The van der Waals surface area contributed by atoms with Crippen LogP contribution in [0.2, 0.25) is 0 Å². The SMILES string of the molecule is C#CC(O)(c1ccccc1)c1cc(C)cc(OC)c1.C1CCC([PH+](C2CCCCC2)C2CCCCC2)CC1.[CH2-]c1cc(OC)cc2c1[C](=[Ru]([Cl])[Cl])C=C2c1ccccc1. The number of terminal acetylenes is 1. The van der Waals surface area contributed by atoms with Gasteiger partial charge in [0.25, 0.3) is 0 Å². The molecule has 4 aliphatic carbocycles. The van der Waals surface area contributed by atoms with Gasteiger partial charge in [-0.15, -0.1) is 6.42 Å². The predicted molar refractivity (Wildman–Crippen MR) is 252 cm³/mol. The fourth-order valence-corrected chi connectivity index (χ4v) is 17.7. The van der Waals surface area contributed by atoms with Crippen LogP contribution in [-0.2, 0) is 19.1 Å². The summed E-state index contributed by atoms with van der Waals surface area (Å²) < 4.78 is 11.6. The van der Waals surface area contributed by atoms with Gasteiger partial charge in [0.2, 0.25) is 0 Å². The molecule has 1 unspecified atom stereocenters. The Balaban J connectivity index is 0.000000149. The summed E-state index contributed by atoms with van der Waals surface area (Å²) >= 11 is -2.02. The minimum absolute atomic E-state index is 0.0465. The Hall–Kier alpha value is -2.89. The molecular weight excluding hydrogens is 876 g/mol. The number of allylic oxidation sites excluding steroid dienone is 1. The molecule has 59 heavy (non-hydrogen) atoms. The van der Waals surface area contributed by atoms with Crippen LogP contribution in [0.3, 0.4) is 0 Å². The van der Waals surface area contributed by atoms with E-state index in [1.165, 1.54) is 17.0 Å². The van der Waals surface area contributed by atoms with Crippen molar-refractivity contribution in [3.63, 3.8) is 0 Å². The Bertz CT molecular complexity index is 2030. The number of fused-ring (bicyclic) bond motifs is 1. The van der Waals surface area contributed by atoms with Crippen LogP contribution in [0, 0.1) is 26.2 Å². The molecule has 1 N–H and O–H groups in total. The molecule has 0 radical (unpaired) electrons. The molecule has 0 amide bonds. The van der Waals surface area contributed by atoms with Gasteiger partial charge in [-0.3, -0.25) is 0 Å². The summed E-state index contributed by atoms with van der Waals surface area (Å²) in [6.07, 6.45) is 31.5. The molecule has 3 saturated carbocycles. The van der Waals surface area contributed by atoms with E-state index in [9.17, 15) is 5.11 Å². The molecule has 3 nitrogen and oxygen atoms in total. The average molecular weight is 939 g/mol. The number of halogens is 2. The molecule has 0 saturated heterocycles. The van der Waals surface area contributed by atoms with Crippen molar-refractivity contribution in [3.05, 3.63) is 143 Å². The van der Waals surface area contributed by atoms with Crippen molar-refractivity contribution in [3.8, 4) is 23.8 Å². The van der Waals surface area contributed by atoms with Crippen LogP contribution in [-0.4, -0.2) is 40.4 Å². The van der Waals surface area contributed by atoms with Gasteiger partial charge in [0, 0.05) is 19.0 Å². The van der Waals surface area contributed by atoms with E-state index in [0.29, 0.717) is 16.9 Å². The zero-order chi connectivity index (χ0) is 41.8. The number of methoxy groups -OCH3 is 2. The van der Waals surface area contributed by atoms with E-state index in [4.69, 9.17) is 35.3 Å². The molecule has 7 heteroatoms. The zero-order valence-corrected chi connectivity index (χ0v) is 39.5. The molecule has 4 aromatic rings. The normalized spacial score (nSPS) is 18.5. The quantitative estimate of drug-likeness (QED) is 0.0828. The Morgan fingerprint density at radius 3 is 1.66 bits per heavy atom. The fraction of sp³-hybridized carbons (Fsp3) is 0.423. The Morgan fingerprint density at radius 1 is 0.695 bits per heavy atom. The van der Waals surface area contributed by atoms with Gasteiger partial charge in [-0.2, -0.15) is 0 Å². The van der Waals surface area contributed by atoms with Gasteiger partial charge >= 0.3 is 138 Å². The van der Waals surface area contributed by atoms with E-state index in [-0.39, 0.29) is 7.92 Å². The van der Waals surface area contributed by atoms with Gasteiger partial charge < -0.3 is 9.84 Å². The fourth-order valence-electron chi connectivity index (χ4n) is 9.91. The third kappa shape index (κ3) is 11.5. The number of aryl methyl sites for hydroxylation is 1. The number of hydrogen-bond acceptors (Lipinski definition) is 3. The van der Waals surface area contributed by atoms with Crippen LogP contribution in [0.25, 0.3) is 5.57 Å². The molecule has 1 atom stereocenters. The molecule has 4 aromatic carbocycles. The Kier molecular flexibility index (Phi) is 17.2. The summed E-state index contributed by atoms with van der Waals surface area (Å²) in [5.41, 5.74) is 9.87. The monoisotopic (exact) mass is 938 g/mol. The Labute approximate surface area is 369 Å². The van der Waals surface area contributed by atoms with Crippen molar-refractivity contribution < 1.29 is 28.1 Å². The van der Waals surface area contributed by atoms with Gasteiger partial charge in [0.05, 0.1) is 24.1 Å². The van der Waals surface area contributed by atoms with Crippen molar-refractivity contribution in [2.45, 2.75) is 126 Å². The van der Waals surface area contributed by atoms with Crippen LogP contribution >= 0.6 is 27.3 Å². The van der Waals surface area contributed by atoms with Crippen LogP contribution in [0.15, 0.2) is 97.1 Å². The second-order valence-electron chi connectivity index (χ2n) is 16.6. The summed E-state index contributed by atoms with van der Waals surface area (Å²) in [6.45, 7) is 6.07. The van der Waals surface area contributed by atoms with Crippen molar-refractivity contribution in [1.29, 1.82) is 0 Å². The van der Waals surface area contributed by atoms with E-state index in [0.717, 1.165) is 43.2 Å². The van der Waals surface area contributed by atoms with Crippen LogP contribution < -0.4 is 9.47 Å². The summed E-state index contributed by atoms with van der Waals surface area (Å²) in [7, 11) is 15.8. The van der Waals surface area contributed by atoms with Crippen molar-refractivity contribution in [1.82, 2.24) is 0 Å². The van der Waals surface area contributed by atoms with Gasteiger partial charge in [0.15, 0.2) is 5.60 Å². The van der Waals surface area contributed by atoms with E-state index in [1.54, 1.807) is 117 Å². The molecule has 0 aliphatic heterocycles. The number of ether oxygens (including phenoxy) is 2. The van der Waals surface area contributed by atoms with E-state index >= 15 is 0 Å². The first-order valence-electron chi connectivity index (χ1n) is 21.6. The van der Waals surface area contributed by atoms with E-state index in [2.05, 4.69) is 31.1 Å². The molecule has 0 aromatic heterocycles. The number of hydrogen-bond donors (Lipinski definition) is 1. The molecule has 0 bridgehead atoms. The second kappa shape index (κ2) is 22.3.